The van der Waals surface area contributed by atoms with Crippen LogP contribution in [0.2, 0.25) is 0 Å². The second-order valence-corrected chi connectivity index (χ2v) is 6.98. The van der Waals surface area contributed by atoms with Gasteiger partial charge in [0.15, 0.2) is 0 Å². The highest BCUT2D eigenvalue weighted by Crippen LogP contribution is 2.05. The fourth-order valence-corrected chi connectivity index (χ4v) is 2.12. The molecule has 0 unspecified atom stereocenters. The second kappa shape index (κ2) is 18.3. The highest BCUT2D eigenvalue weighted by Gasteiger charge is 2.06. The number of rotatable bonds is 19. The fraction of sp³-hybridized carbons (Fsp3) is 0.900. The Balaban J connectivity index is 3.25. The molecule has 0 rings (SSSR count). The molecule has 27 heavy (non-hydrogen) atoms. The molecule has 0 aliphatic carbocycles. The minimum absolute atomic E-state index is 0.0399. The van der Waals surface area contributed by atoms with Gasteiger partial charge in [-0.15, -0.1) is 0 Å². The lowest BCUT2D eigenvalue weighted by Gasteiger charge is -2.09. The number of Topliss-reactive ketones (excluding diaryl/α,β-unsaturated/α-hetero) is 1. The summed E-state index contributed by atoms with van der Waals surface area (Å²) in [6.45, 7) is 11.5. The summed E-state index contributed by atoms with van der Waals surface area (Å²) in [6.07, 6.45) is 3.56. The van der Waals surface area contributed by atoms with Crippen LogP contribution in [0, 0.1) is 5.92 Å². The Hall–Kier alpha value is -1.02. The van der Waals surface area contributed by atoms with Crippen molar-refractivity contribution in [2.45, 2.75) is 59.5 Å². The Kier molecular flexibility index (Phi) is 17.7. The van der Waals surface area contributed by atoms with Gasteiger partial charge in [-0.05, 0) is 26.7 Å². The average Bonchev–Trinajstić information content (AvgIpc) is 2.61. The first-order valence-electron chi connectivity index (χ1n) is 10.1. The number of carbonyl (C=O) groups is 2. The van der Waals surface area contributed by atoms with Gasteiger partial charge >= 0.3 is 0 Å². The van der Waals surface area contributed by atoms with Crippen molar-refractivity contribution in [2.75, 3.05) is 52.8 Å². The standard InChI is InChI=1S/C20H39NO6/c1-17(2)19(22)8-6-5-7-9-21-20(23)16-26-13-12-24-10-11-25-14-15-27-18(3)4/h17-18H,5-16H2,1-4H3,(H,21,23). The van der Waals surface area contributed by atoms with Crippen LogP contribution in [0.1, 0.15) is 53.4 Å². The molecule has 0 aromatic rings. The zero-order chi connectivity index (χ0) is 20.3. The molecule has 0 radical (unpaired) electrons. The molecule has 0 saturated carbocycles. The number of hydrogen-bond donors (Lipinski definition) is 1. The Labute approximate surface area is 164 Å². The van der Waals surface area contributed by atoms with E-state index in [1.165, 1.54) is 0 Å². The lowest BCUT2D eigenvalue weighted by atomic mass is 10.0. The van der Waals surface area contributed by atoms with Crippen molar-refractivity contribution in [3.05, 3.63) is 0 Å². The number of hydrogen-bond acceptors (Lipinski definition) is 6. The molecule has 0 heterocycles. The molecule has 0 spiro atoms. The summed E-state index contributed by atoms with van der Waals surface area (Å²) in [5.74, 6) is 0.297. The van der Waals surface area contributed by atoms with Crippen LogP contribution in [-0.2, 0) is 28.5 Å². The predicted octanol–water partition coefficient (Wildman–Crippen LogP) is 2.36. The van der Waals surface area contributed by atoms with Gasteiger partial charge in [0.2, 0.25) is 5.91 Å². The van der Waals surface area contributed by atoms with E-state index >= 15 is 0 Å². The normalized spacial score (nSPS) is 11.3. The summed E-state index contributed by atoms with van der Waals surface area (Å²) >= 11 is 0. The van der Waals surface area contributed by atoms with E-state index in [9.17, 15) is 9.59 Å². The second-order valence-electron chi connectivity index (χ2n) is 6.98. The summed E-state index contributed by atoms with van der Waals surface area (Å²) in [5.41, 5.74) is 0. The number of carbonyl (C=O) groups excluding carboxylic acids is 2. The minimum atomic E-state index is -0.123. The molecule has 0 aromatic carbocycles. The Morgan fingerprint density at radius 3 is 1.96 bits per heavy atom. The maximum Gasteiger partial charge on any atom is 0.245 e. The van der Waals surface area contributed by atoms with Gasteiger partial charge in [0, 0.05) is 18.9 Å². The summed E-state index contributed by atoms with van der Waals surface area (Å²) in [4.78, 5) is 23.1. The summed E-state index contributed by atoms with van der Waals surface area (Å²) in [7, 11) is 0. The third-order valence-corrected chi connectivity index (χ3v) is 3.72. The zero-order valence-corrected chi connectivity index (χ0v) is 17.6. The molecule has 7 heteroatoms. The average molecular weight is 390 g/mol. The van der Waals surface area contributed by atoms with Crippen molar-refractivity contribution in [1.82, 2.24) is 5.32 Å². The topological polar surface area (TPSA) is 83.1 Å². The maximum absolute atomic E-state index is 11.6. The molecule has 0 bridgehead atoms. The molecule has 7 nitrogen and oxygen atoms in total. The lowest BCUT2D eigenvalue weighted by molar-refractivity contribution is -0.126. The third-order valence-electron chi connectivity index (χ3n) is 3.72. The maximum atomic E-state index is 11.6. The van der Waals surface area contributed by atoms with E-state index in [0.717, 1.165) is 19.3 Å². The van der Waals surface area contributed by atoms with Crippen LogP contribution in [0.4, 0.5) is 0 Å². The Bertz CT molecular complexity index is 373. The first-order valence-corrected chi connectivity index (χ1v) is 10.1. The van der Waals surface area contributed by atoms with E-state index in [4.69, 9.17) is 18.9 Å². The van der Waals surface area contributed by atoms with Gasteiger partial charge in [0.25, 0.3) is 0 Å². The van der Waals surface area contributed by atoms with Crippen molar-refractivity contribution in [3.8, 4) is 0 Å². The van der Waals surface area contributed by atoms with Gasteiger partial charge in [-0.3, -0.25) is 9.59 Å². The SMILES string of the molecule is CC(C)OCCOCCOCCOCC(=O)NCCCCCC(=O)C(C)C. The number of amides is 1. The van der Waals surface area contributed by atoms with E-state index in [1.54, 1.807) is 0 Å². The van der Waals surface area contributed by atoms with Crippen LogP contribution >= 0.6 is 0 Å². The van der Waals surface area contributed by atoms with Gasteiger partial charge in [-0.25, -0.2) is 0 Å². The quantitative estimate of drug-likeness (QED) is 0.342. The Morgan fingerprint density at radius 1 is 0.778 bits per heavy atom. The van der Waals surface area contributed by atoms with Gasteiger partial charge in [0.1, 0.15) is 12.4 Å². The molecule has 1 amide bonds. The highest BCUT2D eigenvalue weighted by molar-refractivity contribution is 5.80. The monoisotopic (exact) mass is 389 g/mol. The molecular formula is C20H39NO6. The number of nitrogens with one attached hydrogen (secondary N) is 1. The molecular weight excluding hydrogens is 350 g/mol. The fourth-order valence-electron chi connectivity index (χ4n) is 2.12. The summed E-state index contributed by atoms with van der Waals surface area (Å²) in [5, 5.41) is 2.81. The van der Waals surface area contributed by atoms with Crippen LogP contribution in [0.3, 0.4) is 0 Å². The van der Waals surface area contributed by atoms with Crippen molar-refractivity contribution < 1.29 is 28.5 Å². The van der Waals surface area contributed by atoms with Gasteiger partial charge < -0.3 is 24.3 Å². The van der Waals surface area contributed by atoms with E-state index in [2.05, 4.69) is 5.32 Å². The van der Waals surface area contributed by atoms with Crippen molar-refractivity contribution in [1.29, 1.82) is 0 Å². The number of unbranched alkanes of at least 4 members (excludes halogenated alkanes) is 2. The van der Waals surface area contributed by atoms with Crippen LogP contribution in [0.15, 0.2) is 0 Å². The van der Waals surface area contributed by atoms with Crippen molar-refractivity contribution in [2.24, 2.45) is 5.92 Å². The zero-order valence-electron chi connectivity index (χ0n) is 17.6. The van der Waals surface area contributed by atoms with Crippen LogP contribution in [0.25, 0.3) is 0 Å². The third kappa shape index (κ3) is 19.5. The molecule has 0 fully saturated rings. The van der Waals surface area contributed by atoms with E-state index in [-0.39, 0.29) is 24.5 Å². The molecule has 0 aromatic heterocycles. The summed E-state index contributed by atoms with van der Waals surface area (Å²) < 4.78 is 21.3. The van der Waals surface area contributed by atoms with Crippen LogP contribution in [-0.4, -0.2) is 70.6 Å². The van der Waals surface area contributed by atoms with Crippen molar-refractivity contribution >= 4 is 11.7 Å². The first kappa shape index (κ1) is 26.0. The van der Waals surface area contributed by atoms with Gasteiger partial charge in [-0.1, -0.05) is 20.3 Å². The first-order chi connectivity index (χ1) is 12.9. The van der Waals surface area contributed by atoms with E-state index < -0.39 is 0 Å². The van der Waals surface area contributed by atoms with Crippen LogP contribution in [0.5, 0.6) is 0 Å². The van der Waals surface area contributed by atoms with E-state index in [0.29, 0.717) is 58.4 Å². The number of ketones is 1. The highest BCUT2D eigenvalue weighted by atomic mass is 16.6. The number of ether oxygens (including phenoxy) is 4. The molecule has 0 aliphatic rings. The predicted molar refractivity (Wildman–Crippen MR) is 105 cm³/mol. The van der Waals surface area contributed by atoms with E-state index in [1.807, 2.05) is 27.7 Å². The van der Waals surface area contributed by atoms with Crippen LogP contribution < -0.4 is 5.32 Å². The minimum Gasteiger partial charge on any atom is -0.377 e. The molecule has 0 atom stereocenters. The lowest BCUT2D eigenvalue weighted by Crippen LogP contribution is -2.29. The largest absolute Gasteiger partial charge is 0.377 e. The molecule has 0 saturated heterocycles. The molecule has 0 aliphatic heterocycles. The van der Waals surface area contributed by atoms with Gasteiger partial charge in [0.05, 0.1) is 45.7 Å². The van der Waals surface area contributed by atoms with Gasteiger partial charge in [-0.2, -0.15) is 0 Å². The summed E-state index contributed by atoms with van der Waals surface area (Å²) in [6, 6.07) is 0. The van der Waals surface area contributed by atoms with Crippen molar-refractivity contribution in [3.63, 3.8) is 0 Å². The smallest absolute Gasteiger partial charge is 0.245 e. The molecule has 1 N–H and O–H groups in total. The molecule has 160 valence electrons. The Morgan fingerprint density at radius 2 is 1.37 bits per heavy atom.